The Bertz CT molecular complexity index is 279. The third-order valence-corrected chi connectivity index (χ3v) is 2.68. The van der Waals surface area contributed by atoms with Crippen LogP contribution in [0.2, 0.25) is 0 Å². The molecule has 1 aromatic heterocycles. The van der Waals surface area contributed by atoms with Crippen molar-refractivity contribution in [1.82, 2.24) is 4.98 Å². The summed E-state index contributed by atoms with van der Waals surface area (Å²) >= 11 is 0. The summed E-state index contributed by atoms with van der Waals surface area (Å²) in [5, 5.41) is 0. The molecule has 0 radical (unpaired) electrons. The second kappa shape index (κ2) is 3.36. The van der Waals surface area contributed by atoms with E-state index in [9.17, 15) is 0 Å². The van der Waals surface area contributed by atoms with Crippen LogP contribution in [0.1, 0.15) is 19.0 Å². The van der Waals surface area contributed by atoms with E-state index in [0.717, 1.165) is 11.6 Å². The molecule has 1 fully saturated rings. The molecule has 0 N–H and O–H groups in total. The average Bonchev–Trinajstić information content (AvgIpc) is 2.53. The summed E-state index contributed by atoms with van der Waals surface area (Å²) in [5.74, 6) is 0.835. The molecule has 1 atom stereocenters. The largest absolute Gasteiger partial charge is 0.370 e. The van der Waals surface area contributed by atoms with Gasteiger partial charge in [0.05, 0.1) is 11.9 Å². The molecule has 2 heteroatoms. The van der Waals surface area contributed by atoms with E-state index in [4.69, 9.17) is 0 Å². The lowest BCUT2D eigenvalue weighted by Gasteiger charge is -2.17. The molecule has 0 saturated carbocycles. The van der Waals surface area contributed by atoms with Gasteiger partial charge in [-0.05, 0) is 31.4 Å². The number of aromatic nitrogens is 1. The summed E-state index contributed by atoms with van der Waals surface area (Å²) < 4.78 is 0. The zero-order valence-corrected chi connectivity index (χ0v) is 8.33. The van der Waals surface area contributed by atoms with Crippen molar-refractivity contribution in [3.05, 3.63) is 24.0 Å². The predicted octanol–water partition coefficient (Wildman–Crippen LogP) is 2.24. The maximum absolute atomic E-state index is 4.31. The highest BCUT2D eigenvalue weighted by atomic mass is 15.2. The van der Waals surface area contributed by atoms with Crippen LogP contribution in [-0.4, -0.2) is 18.1 Å². The van der Waals surface area contributed by atoms with Gasteiger partial charge < -0.3 is 4.90 Å². The summed E-state index contributed by atoms with van der Waals surface area (Å²) in [6.07, 6.45) is 3.29. The van der Waals surface area contributed by atoms with Gasteiger partial charge in [-0.2, -0.15) is 0 Å². The van der Waals surface area contributed by atoms with E-state index in [1.165, 1.54) is 25.2 Å². The van der Waals surface area contributed by atoms with Gasteiger partial charge in [0, 0.05) is 18.8 Å². The first-order chi connectivity index (χ1) is 6.25. The van der Waals surface area contributed by atoms with Gasteiger partial charge in [-0.15, -0.1) is 0 Å². The van der Waals surface area contributed by atoms with Crippen LogP contribution in [0, 0.1) is 12.8 Å². The summed E-state index contributed by atoms with van der Waals surface area (Å²) in [6.45, 7) is 6.70. The molecule has 0 aliphatic carbocycles. The minimum Gasteiger partial charge on any atom is -0.370 e. The van der Waals surface area contributed by atoms with Crippen LogP contribution in [0.15, 0.2) is 18.3 Å². The van der Waals surface area contributed by atoms with Crippen LogP contribution >= 0.6 is 0 Å². The summed E-state index contributed by atoms with van der Waals surface area (Å²) in [6, 6.07) is 4.25. The Morgan fingerprint density at radius 1 is 1.46 bits per heavy atom. The van der Waals surface area contributed by atoms with Gasteiger partial charge in [-0.3, -0.25) is 4.98 Å². The van der Waals surface area contributed by atoms with E-state index in [1.54, 1.807) is 0 Å². The number of rotatable bonds is 1. The minimum atomic E-state index is 0.835. The number of aryl methyl sites for hydroxylation is 1. The van der Waals surface area contributed by atoms with Crippen molar-refractivity contribution in [3.63, 3.8) is 0 Å². The quantitative estimate of drug-likeness (QED) is 0.652. The van der Waals surface area contributed by atoms with Gasteiger partial charge >= 0.3 is 0 Å². The van der Waals surface area contributed by atoms with Crippen molar-refractivity contribution in [2.45, 2.75) is 20.3 Å². The third-order valence-electron chi connectivity index (χ3n) is 2.68. The zero-order valence-electron chi connectivity index (χ0n) is 8.33. The molecule has 0 bridgehead atoms. The van der Waals surface area contributed by atoms with Gasteiger partial charge in [0.25, 0.3) is 0 Å². The van der Waals surface area contributed by atoms with Crippen molar-refractivity contribution < 1.29 is 0 Å². The van der Waals surface area contributed by atoms with Crippen molar-refractivity contribution in [3.8, 4) is 0 Å². The number of hydrogen-bond acceptors (Lipinski definition) is 2. The Balaban J connectivity index is 2.13. The highest BCUT2D eigenvalue weighted by molar-refractivity contribution is 5.45. The van der Waals surface area contributed by atoms with Crippen LogP contribution < -0.4 is 4.90 Å². The van der Waals surface area contributed by atoms with Gasteiger partial charge in [0.1, 0.15) is 0 Å². The van der Waals surface area contributed by atoms with Gasteiger partial charge in [-0.25, -0.2) is 0 Å². The fourth-order valence-corrected chi connectivity index (χ4v) is 1.82. The SMILES string of the molecule is Cc1ccc(N2CCC(C)C2)cn1. The highest BCUT2D eigenvalue weighted by Crippen LogP contribution is 2.22. The van der Waals surface area contributed by atoms with Crippen LogP contribution in [0.25, 0.3) is 0 Å². The summed E-state index contributed by atoms with van der Waals surface area (Å²) in [4.78, 5) is 6.72. The molecule has 1 aliphatic heterocycles. The average molecular weight is 176 g/mol. The fourth-order valence-electron chi connectivity index (χ4n) is 1.82. The monoisotopic (exact) mass is 176 g/mol. The van der Waals surface area contributed by atoms with Crippen LogP contribution in [0.4, 0.5) is 5.69 Å². The van der Waals surface area contributed by atoms with E-state index in [0.29, 0.717) is 0 Å². The van der Waals surface area contributed by atoms with Gasteiger partial charge in [-0.1, -0.05) is 6.92 Å². The zero-order chi connectivity index (χ0) is 9.26. The van der Waals surface area contributed by atoms with Crippen LogP contribution in [0.5, 0.6) is 0 Å². The molecule has 0 aromatic carbocycles. The first-order valence-corrected chi connectivity index (χ1v) is 4.93. The first kappa shape index (κ1) is 8.54. The summed E-state index contributed by atoms with van der Waals surface area (Å²) in [7, 11) is 0. The Morgan fingerprint density at radius 2 is 2.31 bits per heavy atom. The van der Waals surface area contributed by atoms with Gasteiger partial charge in [0.15, 0.2) is 0 Å². The topological polar surface area (TPSA) is 16.1 Å². The second-order valence-electron chi connectivity index (χ2n) is 4.00. The maximum Gasteiger partial charge on any atom is 0.0553 e. The van der Waals surface area contributed by atoms with E-state index in [2.05, 4.69) is 28.9 Å². The van der Waals surface area contributed by atoms with E-state index in [-0.39, 0.29) is 0 Å². The lowest BCUT2D eigenvalue weighted by molar-refractivity contribution is 0.659. The van der Waals surface area contributed by atoms with Gasteiger partial charge in [0.2, 0.25) is 0 Å². The second-order valence-corrected chi connectivity index (χ2v) is 4.00. The van der Waals surface area contributed by atoms with Crippen molar-refractivity contribution in [2.75, 3.05) is 18.0 Å². The van der Waals surface area contributed by atoms with Crippen LogP contribution in [0.3, 0.4) is 0 Å². The maximum atomic E-state index is 4.31. The highest BCUT2D eigenvalue weighted by Gasteiger charge is 2.18. The van der Waals surface area contributed by atoms with E-state index < -0.39 is 0 Å². The number of hydrogen-bond donors (Lipinski definition) is 0. The Labute approximate surface area is 79.6 Å². The molecule has 2 nitrogen and oxygen atoms in total. The molecule has 70 valence electrons. The molecular formula is C11H16N2. The number of nitrogens with zero attached hydrogens (tertiary/aromatic N) is 2. The molecule has 0 amide bonds. The Hall–Kier alpha value is -1.05. The van der Waals surface area contributed by atoms with E-state index in [1.807, 2.05) is 13.1 Å². The lowest BCUT2D eigenvalue weighted by atomic mass is 10.2. The van der Waals surface area contributed by atoms with Crippen LogP contribution in [-0.2, 0) is 0 Å². The van der Waals surface area contributed by atoms with Crippen molar-refractivity contribution in [2.24, 2.45) is 5.92 Å². The molecule has 13 heavy (non-hydrogen) atoms. The molecule has 2 rings (SSSR count). The number of pyridine rings is 1. The fraction of sp³-hybridized carbons (Fsp3) is 0.545. The predicted molar refractivity (Wildman–Crippen MR) is 55.0 cm³/mol. The summed E-state index contributed by atoms with van der Waals surface area (Å²) in [5.41, 5.74) is 2.37. The Morgan fingerprint density at radius 3 is 2.85 bits per heavy atom. The molecule has 1 unspecified atom stereocenters. The molecule has 2 heterocycles. The number of anilines is 1. The minimum absolute atomic E-state index is 0.835. The molecule has 1 saturated heterocycles. The molecule has 0 spiro atoms. The molecular weight excluding hydrogens is 160 g/mol. The van der Waals surface area contributed by atoms with Crippen molar-refractivity contribution >= 4 is 5.69 Å². The third kappa shape index (κ3) is 1.82. The standard InChI is InChI=1S/C11H16N2/c1-9-5-6-13(8-9)11-4-3-10(2)12-7-11/h3-4,7,9H,5-6,8H2,1-2H3. The molecule has 1 aromatic rings. The van der Waals surface area contributed by atoms with E-state index >= 15 is 0 Å². The first-order valence-electron chi connectivity index (χ1n) is 4.93. The Kier molecular flexibility index (Phi) is 2.21. The smallest absolute Gasteiger partial charge is 0.0553 e. The normalized spacial score (nSPS) is 22.3. The lowest BCUT2D eigenvalue weighted by Crippen LogP contribution is -2.19. The molecule has 1 aliphatic rings. The van der Waals surface area contributed by atoms with Crippen molar-refractivity contribution in [1.29, 1.82) is 0 Å².